The maximum atomic E-state index is 11.6. The fraction of sp³-hybridized carbons (Fsp3) is 0.889. The summed E-state index contributed by atoms with van der Waals surface area (Å²) in [4.78, 5) is 18.6. The van der Waals surface area contributed by atoms with Crippen LogP contribution in [-0.2, 0) is 4.74 Å². The number of likely N-dealkylation sites (N-methyl/N-ethyl adjacent to an activating group) is 1. The first kappa shape index (κ1) is 25.2. The van der Waals surface area contributed by atoms with Crippen molar-refractivity contribution in [3.63, 3.8) is 0 Å². The lowest BCUT2D eigenvalue weighted by atomic mass is 10.2. The van der Waals surface area contributed by atoms with Crippen LogP contribution in [0.3, 0.4) is 0 Å². The molecular formula is C18H38IN5O2. The largest absolute Gasteiger partial charge is 0.444 e. The van der Waals surface area contributed by atoms with E-state index in [1.54, 1.807) is 0 Å². The Morgan fingerprint density at radius 2 is 1.85 bits per heavy atom. The fourth-order valence-electron chi connectivity index (χ4n) is 2.47. The Labute approximate surface area is 176 Å². The Morgan fingerprint density at radius 3 is 2.38 bits per heavy atom. The Balaban J connectivity index is 0.00000625. The van der Waals surface area contributed by atoms with Gasteiger partial charge in [-0.25, -0.2) is 4.79 Å². The molecule has 0 aromatic heterocycles. The minimum absolute atomic E-state index is 0. The normalized spacial score (nSPS) is 14.6. The molecule has 0 unspecified atom stereocenters. The van der Waals surface area contributed by atoms with Gasteiger partial charge in [-0.3, -0.25) is 9.89 Å². The second-order valence-corrected chi connectivity index (χ2v) is 7.33. The highest BCUT2D eigenvalue weighted by Crippen LogP contribution is 2.25. The molecular weight excluding hydrogens is 445 g/mol. The van der Waals surface area contributed by atoms with Crippen molar-refractivity contribution >= 4 is 36.0 Å². The summed E-state index contributed by atoms with van der Waals surface area (Å²) in [7, 11) is 0. The number of nitrogens with zero attached hydrogens (tertiary/aromatic N) is 2. The number of amides is 1. The van der Waals surface area contributed by atoms with E-state index in [-0.39, 0.29) is 30.1 Å². The number of nitrogens with one attached hydrogen (secondary N) is 3. The van der Waals surface area contributed by atoms with Gasteiger partial charge in [-0.2, -0.15) is 0 Å². The quantitative estimate of drug-likeness (QED) is 0.193. The number of rotatable bonds is 10. The SMILES string of the molecule is CCNC(=NCCCNC(=O)OC(C)(C)C)NCCN(CC)C1CC1.I. The predicted molar refractivity (Wildman–Crippen MR) is 119 cm³/mol. The minimum atomic E-state index is -0.461. The van der Waals surface area contributed by atoms with E-state index in [4.69, 9.17) is 4.74 Å². The molecule has 0 aliphatic heterocycles. The number of halogens is 1. The highest BCUT2D eigenvalue weighted by atomic mass is 127. The van der Waals surface area contributed by atoms with Crippen molar-refractivity contribution in [1.29, 1.82) is 0 Å². The highest BCUT2D eigenvalue weighted by molar-refractivity contribution is 14.0. The topological polar surface area (TPSA) is 78.0 Å². The zero-order valence-corrected chi connectivity index (χ0v) is 19.4. The molecule has 0 heterocycles. The first-order valence-corrected chi connectivity index (χ1v) is 9.58. The molecule has 1 aliphatic carbocycles. The molecule has 0 aromatic carbocycles. The molecule has 1 saturated carbocycles. The Morgan fingerprint density at radius 1 is 1.15 bits per heavy atom. The number of carbonyl (C=O) groups excluding carboxylic acids is 1. The van der Waals surface area contributed by atoms with Crippen LogP contribution in [0.4, 0.5) is 4.79 Å². The van der Waals surface area contributed by atoms with E-state index in [1.807, 2.05) is 20.8 Å². The monoisotopic (exact) mass is 483 g/mol. The van der Waals surface area contributed by atoms with Crippen LogP contribution in [0.25, 0.3) is 0 Å². The average molecular weight is 483 g/mol. The highest BCUT2D eigenvalue weighted by Gasteiger charge is 2.27. The van der Waals surface area contributed by atoms with Crippen LogP contribution in [-0.4, -0.2) is 67.9 Å². The minimum Gasteiger partial charge on any atom is -0.444 e. The predicted octanol–water partition coefficient (Wildman–Crippen LogP) is 2.56. The van der Waals surface area contributed by atoms with E-state index in [2.05, 4.69) is 39.7 Å². The van der Waals surface area contributed by atoms with Crippen molar-refractivity contribution in [3.8, 4) is 0 Å². The molecule has 3 N–H and O–H groups in total. The maximum Gasteiger partial charge on any atom is 0.407 e. The summed E-state index contributed by atoms with van der Waals surface area (Å²) < 4.78 is 5.20. The van der Waals surface area contributed by atoms with Crippen LogP contribution in [0.15, 0.2) is 4.99 Å². The van der Waals surface area contributed by atoms with E-state index in [9.17, 15) is 4.79 Å². The molecule has 0 aromatic rings. The summed E-state index contributed by atoms with van der Waals surface area (Å²) in [5, 5.41) is 9.39. The van der Waals surface area contributed by atoms with Gasteiger partial charge in [0.1, 0.15) is 5.60 Å². The molecule has 1 fully saturated rings. The van der Waals surface area contributed by atoms with Crippen LogP contribution in [0.5, 0.6) is 0 Å². The van der Waals surface area contributed by atoms with E-state index < -0.39 is 5.60 Å². The van der Waals surface area contributed by atoms with Crippen molar-refractivity contribution in [2.45, 2.75) is 65.5 Å². The molecule has 154 valence electrons. The Hall–Kier alpha value is -0.770. The lowest BCUT2D eigenvalue weighted by Gasteiger charge is -2.20. The first-order valence-electron chi connectivity index (χ1n) is 9.58. The summed E-state index contributed by atoms with van der Waals surface area (Å²) in [6, 6.07) is 0.797. The average Bonchev–Trinajstić information content (AvgIpc) is 3.34. The summed E-state index contributed by atoms with van der Waals surface area (Å²) in [6.07, 6.45) is 3.08. The van der Waals surface area contributed by atoms with Crippen molar-refractivity contribution in [1.82, 2.24) is 20.9 Å². The van der Waals surface area contributed by atoms with Crippen molar-refractivity contribution in [3.05, 3.63) is 0 Å². The molecule has 1 amide bonds. The van der Waals surface area contributed by atoms with Gasteiger partial charge in [0, 0.05) is 38.8 Å². The second kappa shape index (κ2) is 13.4. The summed E-state index contributed by atoms with van der Waals surface area (Å²) in [6.45, 7) is 14.9. The van der Waals surface area contributed by atoms with Gasteiger partial charge in [-0.05, 0) is 53.5 Å². The van der Waals surface area contributed by atoms with Gasteiger partial charge in [0.2, 0.25) is 0 Å². The number of carbonyl (C=O) groups is 1. The summed E-state index contributed by atoms with van der Waals surface area (Å²) >= 11 is 0. The second-order valence-electron chi connectivity index (χ2n) is 7.33. The van der Waals surface area contributed by atoms with Gasteiger partial charge in [0.25, 0.3) is 0 Å². The van der Waals surface area contributed by atoms with Gasteiger partial charge >= 0.3 is 6.09 Å². The van der Waals surface area contributed by atoms with Crippen LogP contribution in [0.1, 0.15) is 53.9 Å². The molecule has 8 heteroatoms. The molecule has 0 atom stereocenters. The van der Waals surface area contributed by atoms with E-state index in [0.717, 1.165) is 44.6 Å². The lowest BCUT2D eigenvalue weighted by Crippen LogP contribution is -2.42. The molecule has 1 rings (SSSR count). The summed E-state index contributed by atoms with van der Waals surface area (Å²) in [5.74, 6) is 0.839. The third kappa shape index (κ3) is 12.6. The fourth-order valence-corrected chi connectivity index (χ4v) is 2.47. The molecule has 26 heavy (non-hydrogen) atoms. The molecule has 7 nitrogen and oxygen atoms in total. The number of hydrogen-bond donors (Lipinski definition) is 3. The van der Waals surface area contributed by atoms with Gasteiger partial charge < -0.3 is 20.7 Å². The zero-order valence-electron chi connectivity index (χ0n) is 17.1. The zero-order chi connectivity index (χ0) is 18.7. The third-order valence-corrected chi connectivity index (χ3v) is 3.78. The molecule has 0 radical (unpaired) electrons. The van der Waals surface area contributed by atoms with Crippen LogP contribution in [0.2, 0.25) is 0 Å². The number of alkyl carbamates (subject to hydrolysis) is 1. The number of aliphatic imine (C=N–C) groups is 1. The molecule has 1 aliphatic rings. The molecule has 0 saturated heterocycles. The maximum absolute atomic E-state index is 11.6. The molecule has 0 bridgehead atoms. The van der Waals surface area contributed by atoms with Gasteiger partial charge in [0.15, 0.2) is 5.96 Å². The Bertz CT molecular complexity index is 422. The third-order valence-electron chi connectivity index (χ3n) is 3.78. The number of hydrogen-bond acceptors (Lipinski definition) is 4. The Kier molecular flexibility index (Phi) is 13.0. The van der Waals surface area contributed by atoms with Crippen LogP contribution < -0.4 is 16.0 Å². The van der Waals surface area contributed by atoms with Crippen molar-refractivity contribution < 1.29 is 9.53 Å². The van der Waals surface area contributed by atoms with Crippen LogP contribution >= 0.6 is 24.0 Å². The smallest absolute Gasteiger partial charge is 0.407 e. The van der Waals surface area contributed by atoms with Crippen LogP contribution in [0, 0.1) is 0 Å². The molecule has 0 spiro atoms. The number of guanidine groups is 1. The van der Waals surface area contributed by atoms with Crippen molar-refractivity contribution in [2.24, 2.45) is 4.99 Å². The van der Waals surface area contributed by atoms with Gasteiger partial charge in [0.05, 0.1) is 0 Å². The van der Waals surface area contributed by atoms with Gasteiger partial charge in [-0.1, -0.05) is 6.92 Å². The standard InChI is InChI=1S/C18H37N5O2.HI/c1-6-19-16(21-13-14-23(7-2)15-9-10-15)20-11-8-12-22-17(24)25-18(3,4)5;/h15H,6-14H2,1-5H3,(H,22,24)(H2,19,20,21);1H. The lowest BCUT2D eigenvalue weighted by molar-refractivity contribution is 0.0527. The van der Waals surface area contributed by atoms with Crippen molar-refractivity contribution in [2.75, 3.05) is 39.3 Å². The van der Waals surface area contributed by atoms with E-state index >= 15 is 0 Å². The first-order chi connectivity index (χ1) is 11.9. The number of ether oxygens (including phenoxy) is 1. The van der Waals surface area contributed by atoms with E-state index in [0.29, 0.717) is 13.1 Å². The summed E-state index contributed by atoms with van der Waals surface area (Å²) in [5.41, 5.74) is -0.461. The van der Waals surface area contributed by atoms with E-state index in [1.165, 1.54) is 12.8 Å². The van der Waals surface area contributed by atoms with Gasteiger partial charge in [-0.15, -0.1) is 24.0 Å².